The van der Waals surface area contributed by atoms with E-state index in [1.807, 2.05) is 0 Å². The molecule has 0 aromatic carbocycles. The molecule has 0 rings (SSSR count). The highest BCUT2D eigenvalue weighted by molar-refractivity contribution is 4.61. The van der Waals surface area contributed by atoms with Crippen LogP contribution < -0.4 is 0 Å². The van der Waals surface area contributed by atoms with Crippen LogP contribution in [0.15, 0.2) is 6.08 Å². The minimum atomic E-state index is 0.894. The van der Waals surface area contributed by atoms with Crippen molar-refractivity contribution in [1.82, 2.24) is 0 Å². The van der Waals surface area contributed by atoms with Gasteiger partial charge in [-0.25, -0.2) is 0 Å². The van der Waals surface area contributed by atoms with Crippen LogP contribution in [-0.2, 0) is 0 Å². The smallest absolute Gasteiger partial charge is 0.0348 e. The fraction of sp³-hybridized carbons (Fsp3) is 0.917. The van der Waals surface area contributed by atoms with Crippen molar-refractivity contribution in [2.75, 3.05) is 0 Å². The SMILES string of the molecule is [CH]=CCCCCCCCCCCCCCCCCCCCC(C)C. The van der Waals surface area contributed by atoms with Crippen molar-refractivity contribution in [2.24, 2.45) is 5.92 Å². The lowest BCUT2D eigenvalue weighted by atomic mass is 10.0. The van der Waals surface area contributed by atoms with Gasteiger partial charge in [0.25, 0.3) is 0 Å². The van der Waals surface area contributed by atoms with Gasteiger partial charge in [0.1, 0.15) is 0 Å². The zero-order valence-electron chi connectivity index (χ0n) is 17.2. The Morgan fingerprint density at radius 2 is 0.792 bits per heavy atom. The van der Waals surface area contributed by atoms with Gasteiger partial charge in [0, 0.05) is 0 Å². The van der Waals surface area contributed by atoms with Gasteiger partial charge < -0.3 is 0 Å². The van der Waals surface area contributed by atoms with Crippen LogP contribution in [-0.4, -0.2) is 0 Å². The molecule has 0 atom stereocenters. The Balaban J connectivity index is 2.97. The summed E-state index contributed by atoms with van der Waals surface area (Å²) in [5.41, 5.74) is 0. The van der Waals surface area contributed by atoms with Gasteiger partial charge in [-0.2, -0.15) is 0 Å². The number of hydrogen-bond acceptors (Lipinski definition) is 0. The second-order valence-corrected chi connectivity index (χ2v) is 8.22. The van der Waals surface area contributed by atoms with Gasteiger partial charge in [-0.05, 0) is 18.8 Å². The predicted molar refractivity (Wildman–Crippen MR) is 111 cm³/mol. The summed E-state index contributed by atoms with van der Waals surface area (Å²) in [5, 5.41) is 0. The quantitative estimate of drug-likeness (QED) is 0.195. The standard InChI is InChI=1S/C24H47/c1-4-5-6-7-8-9-10-11-12-13-14-15-16-17-18-19-20-21-22-23-24(2)3/h1,4,24H,5-23H2,2-3H3. The number of allylic oxidation sites excluding steroid dienone is 1. The first-order chi connectivity index (χ1) is 11.8. The monoisotopic (exact) mass is 335 g/mol. The molecular formula is C24H47. The molecule has 24 heavy (non-hydrogen) atoms. The Hall–Kier alpha value is -0.260. The molecule has 0 aromatic heterocycles. The molecule has 0 aliphatic carbocycles. The number of hydrogen-bond donors (Lipinski definition) is 0. The molecule has 0 saturated carbocycles. The van der Waals surface area contributed by atoms with E-state index in [2.05, 4.69) is 13.8 Å². The Morgan fingerprint density at radius 3 is 1.08 bits per heavy atom. The van der Waals surface area contributed by atoms with Crippen LogP contribution in [0.25, 0.3) is 0 Å². The first-order valence-corrected chi connectivity index (χ1v) is 11.3. The Bertz CT molecular complexity index is 228. The topological polar surface area (TPSA) is 0 Å². The van der Waals surface area contributed by atoms with Gasteiger partial charge >= 0.3 is 0 Å². The zero-order chi connectivity index (χ0) is 17.7. The maximum atomic E-state index is 5.38. The third kappa shape index (κ3) is 21.7. The van der Waals surface area contributed by atoms with Crippen LogP contribution in [0, 0.1) is 12.5 Å². The van der Waals surface area contributed by atoms with Crippen molar-refractivity contribution < 1.29 is 0 Å². The van der Waals surface area contributed by atoms with Crippen LogP contribution >= 0.6 is 0 Å². The van der Waals surface area contributed by atoms with Crippen molar-refractivity contribution in [1.29, 1.82) is 0 Å². The molecule has 0 aliphatic heterocycles. The predicted octanol–water partition coefficient (Wildman–Crippen LogP) is 9.04. The summed E-state index contributed by atoms with van der Waals surface area (Å²) in [4.78, 5) is 0. The molecule has 0 saturated heterocycles. The molecule has 0 amide bonds. The lowest BCUT2D eigenvalue weighted by Gasteiger charge is -2.05. The van der Waals surface area contributed by atoms with E-state index in [0.717, 1.165) is 12.3 Å². The first-order valence-electron chi connectivity index (χ1n) is 11.3. The van der Waals surface area contributed by atoms with Gasteiger partial charge in [0.2, 0.25) is 0 Å². The molecule has 0 N–H and O–H groups in total. The van der Waals surface area contributed by atoms with E-state index in [0.29, 0.717) is 0 Å². The normalized spacial score (nSPS) is 11.3. The van der Waals surface area contributed by atoms with Crippen LogP contribution in [0.1, 0.15) is 136 Å². The summed E-state index contributed by atoms with van der Waals surface area (Å²) < 4.78 is 0. The van der Waals surface area contributed by atoms with E-state index < -0.39 is 0 Å². The first kappa shape index (κ1) is 23.7. The van der Waals surface area contributed by atoms with Gasteiger partial charge in [0.15, 0.2) is 0 Å². The minimum Gasteiger partial charge on any atom is -0.0845 e. The molecule has 0 aliphatic rings. The summed E-state index contributed by atoms with van der Waals surface area (Å²) in [7, 11) is 0. The lowest BCUT2D eigenvalue weighted by Crippen LogP contribution is -1.87. The van der Waals surface area contributed by atoms with E-state index in [4.69, 9.17) is 6.58 Å². The molecule has 1 radical (unpaired) electrons. The number of unbranched alkanes of at least 4 members (excludes halogenated alkanes) is 17. The molecule has 0 heteroatoms. The van der Waals surface area contributed by atoms with Gasteiger partial charge in [0.05, 0.1) is 0 Å². The van der Waals surface area contributed by atoms with Crippen LogP contribution in [0.4, 0.5) is 0 Å². The maximum Gasteiger partial charge on any atom is -0.0348 e. The van der Waals surface area contributed by atoms with Crippen LogP contribution in [0.5, 0.6) is 0 Å². The second-order valence-electron chi connectivity index (χ2n) is 8.22. The molecule has 0 aromatic rings. The van der Waals surface area contributed by atoms with Gasteiger partial charge in [-0.1, -0.05) is 136 Å². The van der Waals surface area contributed by atoms with Gasteiger partial charge in [-0.3, -0.25) is 0 Å². The summed E-state index contributed by atoms with van der Waals surface area (Å²) in [6, 6.07) is 0. The largest absolute Gasteiger partial charge is 0.0845 e. The summed E-state index contributed by atoms with van der Waals surface area (Å²) in [6.07, 6.45) is 28.9. The van der Waals surface area contributed by atoms with E-state index in [1.165, 1.54) is 116 Å². The van der Waals surface area contributed by atoms with Crippen molar-refractivity contribution in [3.8, 4) is 0 Å². The molecule has 0 heterocycles. The second kappa shape index (κ2) is 20.8. The maximum absolute atomic E-state index is 5.38. The number of rotatable bonds is 20. The summed E-state index contributed by atoms with van der Waals surface area (Å²) in [6.45, 7) is 10.1. The molecule has 0 nitrogen and oxygen atoms in total. The summed E-state index contributed by atoms with van der Waals surface area (Å²) >= 11 is 0. The molecule has 0 spiro atoms. The van der Waals surface area contributed by atoms with Crippen molar-refractivity contribution in [3.05, 3.63) is 12.7 Å². The summed E-state index contributed by atoms with van der Waals surface area (Å²) in [5.74, 6) is 0.894. The lowest BCUT2D eigenvalue weighted by molar-refractivity contribution is 0.501. The van der Waals surface area contributed by atoms with E-state index in [9.17, 15) is 0 Å². The van der Waals surface area contributed by atoms with Crippen LogP contribution in [0.3, 0.4) is 0 Å². The molecule has 143 valence electrons. The average molecular weight is 336 g/mol. The third-order valence-electron chi connectivity index (χ3n) is 5.15. The van der Waals surface area contributed by atoms with Crippen LogP contribution in [0.2, 0.25) is 0 Å². The van der Waals surface area contributed by atoms with E-state index >= 15 is 0 Å². The highest BCUT2D eigenvalue weighted by Gasteiger charge is 1.96. The van der Waals surface area contributed by atoms with E-state index in [1.54, 1.807) is 6.08 Å². The third-order valence-corrected chi connectivity index (χ3v) is 5.15. The Morgan fingerprint density at radius 1 is 0.500 bits per heavy atom. The highest BCUT2D eigenvalue weighted by atomic mass is 14.0. The average Bonchev–Trinajstić information content (AvgIpc) is 2.56. The molecule has 0 unspecified atom stereocenters. The zero-order valence-corrected chi connectivity index (χ0v) is 17.2. The highest BCUT2D eigenvalue weighted by Crippen LogP contribution is 2.15. The molecular weight excluding hydrogens is 288 g/mol. The van der Waals surface area contributed by atoms with Crippen molar-refractivity contribution in [3.63, 3.8) is 0 Å². The minimum absolute atomic E-state index is 0.894. The molecule has 0 bridgehead atoms. The van der Waals surface area contributed by atoms with E-state index in [-0.39, 0.29) is 0 Å². The van der Waals surface area contributed by atoms with Crippen molar-refractivity contribution in [2.45, 2.75) is 136 Å². The van der Waals surface area contributed by atoms with Gasteiger partial charge in [-0.15, -0.1) is 0 Å². The Kier molecular flexibility index (Phi) is 20.6. The Labute approximate surface area is 154 Å². The fourth-order valence-electron chi connectivity index (χ4n) is 3.47. The fourth-order valence-corrected chi connectivity index (χ4v) is 3.47. The van der Waals surface area contributed by atoms with Crippen molar-refractivity contribution >= 4 is 0 Å². The molecule has 0 fully saturated rings.